The minimum Gasteiger partial charge on any atom is -0.320 e. The van der Waals surface area contributed by atoms with Crippen molar-refractivity contribution in [3.63, 3.8) is 0 Å². The number of carbonyl (C=O) groups excluding carboxylic acids is 1. The second kappa shape index (κ2) is 7.67. The van der Waals surface area contributed by atoms with Crippen molar-refractivity contribution in [2.75, 3.05) is 5.32 Å². The molecule has 118 valence electrons. The lowest BCUT2D eigenvalue weighted by Gasteiger charge is -2.12. The molecule has 3 N–H and O–H groups in total. The van der Waals surface area contributed by atoms with E-state index in [2.05, 4.69) is 15.5 Å². The van der Waals surface area contributed by atoms with Gasteiger partial charge in [0.05, 0.1) is 6.04 Å². The molecule has 22 heavy (non-hydrogen) atoms. The van der Waals surface area contributed by atoms with E-state index in [0.29, 0.717) is 28.9 Å². The first-order chi connectivity index (χ1) is 10.4. The summed E-state index contributed by atoms with van der Waals surface area (Å²) in [6.45, 7) is 4.06. The van der Waals surface area contributed by atoms with E-state index in [0.717, 1.165) is 10.6 Å². The van der Waals surface area contributed by atoms with Gasteiger partial charge in [0.2, 0.25) is 11.0 Å². The molecule has 2 aromatic rings. The number of carbonyl (C=O) groups is 1. The van der Waals surface area contributed by atoms with Gasteiger partial charge >= 0.3 is 0 Å². The molecule has 0 aliphatic heterocycles. The Hall–Kier alpha value is -1.50. The van der Waals surface area contributed by atoms with Gasteiger partial charge in [0.25, 0.3) is 0 Å². The zero-order valence-electron chi connectivity index (χ0n) is 12.5. The van der Waals surface area contributed by atoms with Crippen LogP contribution in [0, 0.1) is 5.92 Å². The normalized spacial score (nSPS) is 12.4. The Morgan fingerprint density at radius 3 is 2.86 bits per heavy atom. The number of nitrogens with two attached hydrogens (primary N) is 1. The van der Waals surface area contributed by atoms with Crippen molar-refractivity contribution < 1.29 is 4.79 Å². The predicted octanol–water partition coefficient (Wildman–Crippen LogP) is 3.09. The van der Waals surface area contributed by atoms with Crippen LogP contribution in [0.2, 0.25) is 5.02 Å². The fourth-order valence-corrected chi connectivity index (χ4v) is 3.00. The zero-order chi connectivity index (χ0) is 16.1. The highest BCUT2D eigenvalue weighted by molar-refractivity contribution is 7.15. The number of halogens is 1. The Bertz CT molecular complexity index is 644. The standard InChI is InChI=1S/C15H19ClN4OS/c1-9(2)6-12(17)14(21)18-15-20-19-13(22-15)8-10-4-3-5-11(16)7-10/h3-5,7,9,12H,6,8,17H2,1-2H3,(H,18,20,21)/t12-/m0/s1. The van der Waals surface area contributed by atoms with Crippen LogP contribution >= 0.6 is 22.9 Å². The molecule has 0 unspecified atom stereocenters. The molecule has 0 spiro atoms. The molecule has 2 rings (SSSR count). The van der Waals surface area contributed by atoms with Gasteiger partial charge < -0.3 is 5.73 Å². The molecule has 0 aliphatic carbocycles. The van der Waals surface area contributed by atoms with Crippen LogP contribution in [-0.2, 0) is 11.2 Å². The Morgan fingerprint density at radius 1 is 1.41 bits per heavy atom. The van der Waals surface area contributed by atoms with E-state index in [4.69, 9.17) is 17.3 Å². The molecule has 1 aromatic heterocycles. The monoisotopic (exact) mass is 338 g/mol. The summed E-state index contributed by atoms with van der Waals surface area (Å²) >= 11 is 7.30. The highest BCUT2D eigenvalue weighted by Crippen LogP contribution is 2.20. The third-order valence-electron chi connectivity index (χ3n) is 3.00. The molecule has 1 amide bonds. The first kappa shape index (κ1) is 16.9. The summed E-state index contributed by atoms with van der Waals surface area (Å²) < 4.78 is 0. The molecule has 0 saturated carbocycles. The second-order valence-electron chi connectivity index (χ2n) is 5.53. The van der Waals surface area contributed by atoms with Gasteiger partial charge in [-0.15, -0.1) is 10.2 Å². The second-order valence-corrected chi connectivity index (χ2v) is 7.03. The Labute approximate surface area is 138 Å². The van der Waals surface area contributed by atoms with Crippen LogP contribution in [-0.4, -0.2) is 22.1 Å². The first-order valence-corrected chi connectivity index (χ1v) is 8.26. The van der Waals surface area contributed by atoms with Crippen molar-refractivity contribution in [2.45, 2.75) is 32.7 Å². The average molecular weight is 339 g/mol. The Balaban J connectivity index is 1.95. The van der Waals surface area contributed by atoms with Gasteiger partial charge in [-0.25, -0.2) is 0 Å². The number of amides is 1. The van der Waals surface area contributed by atoms with Crippen LogP contribution in [0.25, 0.3) is 0 Å². The van der Waals surface area contributed by atoms with Crippen molar-refractivity contribution in [1.29, 1.82) is 0 Å². The van der Waals surface area contributed by atoms with E-state index in [1.54, 1.807) is 0 Å². The smallest absolute Gasteiger partial charge is 0.243 e. The van der Waals surface area contributed by atoms with Gasteiger partial charge in [-0.3, -0.25) is 10.1 Å². The van der Waals surface area contributed by atoms with Gasteiger partial charge in [0.15, 0.2) is 0 Å². The molecule has 0 saturated heterocycles. The summed E-state index contributed by atoms with van der Waals surface area (Å²) in [6.07, 6.45) is 1.27. The third kappa shape index (κ3) is 5.05. The molecular formula is C15H19ClN4OS. The number of nitrogens with zero attached hydrogens (tertiary/aromatic N) is 2. The summed E-state index contributed by atoms with van der Waals surface area (Å²) in [5.74, 6) is 0.146. The van der Waals surface area contributed by atoms with Crippen molar-refractivity contribution in [2.24, 2.45) is 11.7 Å². The molecule has 0 radical (unpaired) electrons. The van der Waals surface area contributed by atoms with Crippen LogP contribution < -0.4 is 11.1 Å². The number of hydrogen-bond acceptors (Lipinski definition) is 5. The summed E-state index contributed by atoms with van der Waals surface area (Å²) in [6, 6.07) is 7.06. The average Bonchev–Trinajstić information content (AvgIpc) is 2.85. The van der Waals surface area contributed by atoms with Gasteiger partial charge in [0.1, 0.15) is 5.01 Å². The zero-order valence-corrected chi connectivity index (χ0v) is 14.1. The summed E-state index contributed by atoms with van der Waals surface area (Å²) in [7, 11) is 0. The lowest BCUT2D eigenvalue weighted by Crippen LogP contribution is -2.36. The van der Waals surface area contributed by atoms with Crippen LogP contribution in [0.5, 0.6) is 0 Å². The van der Waals surface area contributed by atoms with Crippen molar-refractivity contribution in [3.8, 4) is 0 Å². The molecule has 1 atom stereocenters. The molecular weight excluding hydrogens is 320 g/mol. The van der Waals surface area contributed by atoms with Crippen LogP contribution in [0.1, 0.15) is 30.8 Å². The summed E-state index contributed by atoms with van der Waals surface area (Å²) in [5, 5.41) is 12.8. The SMILES string of the molecule is CC(C)C[C@H](N)C(=O)Nc1nnc(Cc2cccc(Cl)c2)s1. The number of rotatable bonds is 6. The van der Waals surface area contributed by atoms with Gasteiger partial charge in [0, 0.05) is 11.4 Å². The van der Waals surface area contributed by atoms with Crippen molar-refractivity contribution in [1.82, 2.24) is 10.2 Å². The van der Waals surface area contributed by atoms with Crippen LogP contribution in [0.3, 0.4) is 0 Å². The molecule has 0 bridgehead atoms. The fourth-order valence-electron chi connectivity index (χ4n) is 2.01. The fraction of sp³-hybridized carbons (Fsp3) is 0.400. The number of nitrogens with one attached hydrogen (secondary N) is 1. The van der Waals surface area contributed by atoms with E-state index in [1.165, 1.54) is 11.3 Å². The highest BCUT2D eigenvalue weighted by Gasteiger charge is 2.17. The number of benzene rings is 1. The van der Waals surface area contributed by atoms with E-state index < -0.39 is 6.04 Å². The third-order valence-corrected chi connectivity index (χ3v) is 4.08. The van der Waals surface area contributed by atoms with Crippen LogP contribution in [0.15, 0.2) is 24.3 Å². The highest BCUT2D eigenvalue weighted by atomic mass is 35.5. The summed E-state index contributed by atoms with van der Waals surface area (Å²) in [5.41, 5.74) is 6.90. The predicted molar refractivity (Wildman–Crippen MR) is 90.2 cm³/mol. The lowest BCUT2D eigenvalue weighted by atomic mass is 10.0. The maximum Gasteiger partial charge on any atom is 0.243 e. The van der Waals surface area contributed by atoms with Crippen LogP contribution in [0.4, 0.5) is 5.13 Å². The molecule has 7 heteroatoms. The van der Waals surface area contributed by atoms with Gasteiger partial charge in [-0.2, -0.15) is 0 Å². The molecule has 1 aromatic carbocycles. The van der Waals surface area contributed by atoms with Crippen molar-refractivity contribution >= 4 is 34.0 Å². The van der Waals surface area contributed by atoms with Gasteiger partial charge in [-0.1, -0.05) is 48.9 Å². The Morgan fingerprint density at radius 2 is 2.18 bits per heavy atom. The topological polar surface area (TPSA) is 80.9 Å². The van der Waals surface area contributed by atoms with Crippen molar-refractivity contribution in [3.05, 3.63) is 39.9 Å². The quantitative estimate of drug-likeness (QED) is 0.848. The maximum absolute atomic E-state index is 11.9. The van der Waals surface area contributed by atoms with E-state index in [9.17, 15) is 4.79 Å². The molecule has 1 heterocycles. The lowest BCUT2D eigenvalue weighted by molar-refractivity contribution is -0.117. The van der Waals surface area contributed by atoms with E-state index >= 15 is 0 Å². The number of anilines is 1. The summed E-state index contributed by atoms with van der Waals surface area (Å²) in [4.78, 5) is 11.9. The largest absolute Gasteiger partial charge is 0.320 e. The molecule has 5 nitrogen and oxygen atoms in total. The number of aromatic nitrogens is 2. The van der Waals surface area contributed by atoms with E-state index in [1.807, 2.05) is 38.1 Å². The molecule has 0 fully saturated rings. The minimum atomic E-state index is -0.528. The van der Waals surface area contributed by atoms with E-state index in [-0.39, 0.29) is 5.91 Å². The first-order valence-electron chi connectivity index (χ1n) is 7.07. The van der Waals surface area contributed by atoms with Gasteiger partial charge in [-0.05, 0) is 30.0 Å². The number of hydrogen-bond donors (Lipinski definition) is 2. The minimum absolute atomic E-state index is 0.223. The Kier molecular flexibility index (Phi) is 5.88. The maximum atomic E-state index is 11.9. The molecule has 0 aliphatic rings.